The van der Waals surface area contributed by atoms with Gasteiger partial charge in [0.2, 0.25) is 5.91 Å². The molecule has 1 aliphatic heterocycles. The van der Waals surface area contributed by atoms with Crippen molar-refractivity contribution in [2.75, 3.05) is 31.3 Å². The molecule has 0 aliphatic carbocycles. The molecule has 1 saturated heterocycles. The van der Waals surface area contributed by atoms with Crippen LogP contribution in [0.15, 0.2) is 82.5 Å². The first-order valence-corrected chi connectivity index (χ1v) is 19.0. The molecule has 2 amide bonds. The maximum Gasteiger partial charge on any atom is 0.573 e. The number of rotatable bonds is 12. The SMILES string of the molecule is Cc1cccc(C)c1N=S(CNN=Cc1ccc(-c2ncn(-c3ccc(OC(F)(F)F)cc3)n2)cc1)CC(=O)NC[C@@H]1CCCN(C(=O)OC(C)(C)C)C1. The van der Waals surface area contributed by atoms with Crippen molar-refractivity contribution in [3.63, 3.8) is 0 Å². The smallest absolute Gasteiger partial charge is 0.444 e. The fourth-order valence-electron chi connectivity index (χ4n) is 5.65. The summed E-state index contributed by atoms with van der Waals surface area (Å²) in [6.45, 7) is 11.2. The summed E-state index contributed by atoms with van der Waals surface area (Å²) in [5.41, 5.74) is 7.48. The Balaban J connectivity index is 1.17. The minimum Gasteiger partial charge on any atom is -0.444 e. The molecular weight excluding hydrogens is 722 g/mol. The van der Waals surface area contributed by atoms with Crippen molar-refractivity contribution in [1.82, 2.24) is 30.4 Å². The molecule has 2 N–H and O–H groups in total. The summed E-state index contributed by atoms with van der Waals surface area (Å²) in [4.78, 5) is 31.9. The van der Waals surface area contributed by atoms with Crippen LogP contribution in [-0.2, 0) is 20.2 Å². The summed E-state index contributed by atoms with van der Waals surface area (Å²) in [5, 5.41) is 11.9. The van der Waals surface area contributed by atoms with Gasteiger partial charge < -0.3 is 19.7 Å². The highest BCUT2D eigenvalue weighted by Gasteiger charge is 2.31. The van der Waals surface area contributed by atoms with Crippen LogP contribution in [0.2, 0.25) is 0 Å². The summed E-state index contributed by atoms with van der Waals surface area (Å²) in [6.07, 6.45) is -0.184. The Hall–Kier alpha value is -5.25. The maximum atomic E-state index is 13.2. The second-order valence-electron chi connectivity index (χ2n) is 13.9. The van der Waals surface area contributed by atoms with Crippen LogP contribution in [0.5, 0.6) is 5.75 Å². The van der Waals surface area contributed by atoms with E-state index in [0.717, 1.165) is 40.8 Å². The van der Waals surface area contributed by atoms with Crippen molar-refractivity contribution < 1.29 is 32.2 Å². The third-order valence-corrected chi connectivity index (χ3v) is 9.75. The number of amides is 2. The van der Waals surface area contributed by atoms with E-state index in [2.05, 4.69) is 30.7 Å². The molecule has 288 valence electrons. The highest BCUT2D eigenvalue weighted by Crippen LogP contribution is 2.26. The van der Waals surface area contributed by atoms with Crippen LogP contribution in [0, 0.1) is 19.8 Å². The first-order chi connectivity index (χ1) is 25.6. The fraction of sp³-hybridized carbons (Fsp3) is 0.395. The number of alkyl halides is 3. The molecule has 2 atom stereocenters. The van der Waals surface area contributed by atoms with E-state index in [4.69, 9.17) is 9.10 Å². The van der Waals surface area contributed by atoms with E-state index in [1.807, 2.05) is 77.1 Å². The van der Waals surface area contributed by atoms with Crippen LogP contribution in [0.4, 0.5) is 23.7 Å². The van der Waals surface area contributed by atoms with E-state index < -0.39 is 22.7 Å². The van der Waals surface area contributed by atoms with Crippen LogP contribution < -0.4 is 15.5 Å². The fourth-order valence-corrected chi connectivity index (χ4v) is 7.05. The summed E-state index contributed by atoms with van der Waals surface area (Å²) in [6, 6.07) is 18.7. The van der Waals surface area contributed by atoms with Crippen LogP contribution in [-0.4, -0.2) is 81.1 Å². The Morgan fingerprint density at radius 1 is 1.02 bits per heavy atom. The number of hydrazone groups is 1. The molecule has 1 unspecified atom stereocenters. The van der Waals surface area contributed by atoms with Gasteiger partial charge >= 0.3 is 12.5 Å². The zero-order valence-electron chi connectivity index (χ0n) is 30.9. The van der Waals surface area contributed by atoms with Gasteiger partial charge in [0, 0.05) is 25.2 Å². The van der Waals surface area contributed by atoms with Crippen LogP contribution in [0.3, 0.4) is 0 Å². The standard InChI is InChI=1S/C38H45F3N8O4S/c1-26-8-6-9-27(2)34(26)47-54(23-33(50)42-20-29-10-7-19-48(22-29)36(51)53-37(3,4)5)25-45-44-21-28-11-13-30(14-12-28)35-43-24-49(46-35)31-15-17-32(18-16-31)52-38(39,40)41/h6,8-9,11-18,21,24,29,45H,7,10,19-20,22-23,25H2,1-5H3,(H,42,50)/t29-,54?/m0/s1. The first-order valence-electron chi connectivity index (χ1n) is 17.5. The Bertz CT molecular complexity index is 1940. The van der Waals surface area contributed by atoms with E-state index in [1.54, 1.807) is 11.1 Å². The molecule has 0 saturated carbocycles. The van der Waals surface area contributed by atoms with Crippen molar-refractivity contribution in [1.29, 1.82) is 0 Å². The number of nitrogens with one attached hydrogen (secondary N) is 2. The molecule has 1 aliphatic rings. The van der Waals surface area contributed by atoms with Gasteiger partial charge in [-0.25, -0.2) is 18.8 Å². The van der Waals surface area contributed by atoms with E-state index in [9.17, 15) is 22.8 Å². The maximum absolute atomic E-state index is 13.2. The molecular formula is C38H45F3N8O4S. The van der Waals surface area contributed by atoms with Gasteiger partial charge in [0.1, 0.15) is 17.7 Å². The lowest BCUT2D eigenvalue weighted by Crippen LogP contribution is -2.46. The van der Waals surface area contributed by atoms with Gasteiger partial charge in [0.25, 0.3) is 0 Å². The van der Waals surface area contributed by atoms with Gasteiger partial charge in [-0.15, -0.1) is 18.3 Å². The second-order valence-corrected chi connectivity index (χ2v) is 15.6. The largest absolute Gasteiger partial charge is 0.573 e. The van der Waals surface area contributed by atoms with Gasteiger partial charge in [0.05, 0.1) is 29.2 Å². The highest BCUT2D eigenvalue weighted by atomic mass is 32.2. The number of ether oxygens (including phenoxy) is 2. The molecule has 16 heteroatoms. The van der Waals surface area contributed by atoms with Crippen molar-refractivity contribution >= 4 is 34.6 Å². The Morgan fingerprint density at radius 3 is 2.39 bits per heavy atom. The molecule has 54 heavy (non-hydrogen) atoms. The van der Waals surface area contributed by atoms with Crippen LogP contribution >= 0.6 is 0 Å². The van der Waals surface area contributed by atoms with E-state index in [0.29, 0.717) is 37.0 Å². The monoisotopic (exact) mass is 766 g/mol. The topological polar surface area (TPSA) is 135 Å². The molecule has 12 nitrogen and oxygen atoms in total. The van der Waals surface area contributed by atoms with Gasteiger partial charge in [-0.1, -0.05) is 53.2 Å². The molecule has 1 fully saturated rings. The lowest BCUT2D eigenvalue weighted by atomic mass is 9.98. The Kier molecular flexibility index (Phi) is 13.1. The summed E-state index contributed by atoms with van der Waals surface area (Å²) in [7, 11) is -0.737. The van der Waals surface area contributed by atoms with Crippen LogP contribution in [0.1, 0.15) is 50.3 Å². The Labute approximate surface area is 315 Å². The molecule has 2 heterocycles. The lowest BCUT2D eigenvalue weighted by molar-refractivity contribution is -0.274. The zero-order valence-corrected chi connectivity index (χ0v) is 31.7. The number of carbonyl (C=O) groups excluding carboxylic acids is 2. The third-order valence-electron chi connectivity index (χ3n) is 8.25. The normalized spacial score (nSPS) is 15.6. The van der Waals surface area contributed by atoms with Gasteiger partial charge in [0.15, 0.2) is 5.82 Å². The van der Waals surface area contributed by atoms with E-state index in [1.165, 1.54) is 35.3 Å². The molecule has 4 aromatic rings. The number of hydrogen-bond donors (Lipinski definition) is 2. The summed E-state index contributed by atoms with van der Waals surface area (Å²) >= 11 is 0. The average molecular weight is 767 g/mol. The number of likely N-dealkylation sites (tertiary alicyclic amines) is 1. The number of halogens is 3. The Morgan fingerprint density at radius 2 is 1.72 bits per heavy atom. The predicted molar refractivity (Wildman–Crippen MR) is 203 cm³/mol. The first kappa shape index (κ1) is 39.9. The molecule has 0 radical (unpaired) electrons. The number of aromatic nitrogens is 3. The van der Waals surface area contributed by atoms with E-state index >= 15 is 0 Å². The number of hydrogen-bond acceptors (Lipinski definition) is 9. The van der Waals surface area contributed by atoms with Crippen LogP contribution in [0.25, 0.3) is 17.1 Å². The van der Waals surface area contributed by atoms with Gasteiger partial charge in [-0.2, -0.15) is 5.10 Å². The minimum absolute atomic E-state index is 0.118. The van der Waals surface area contributed by atoms with Crippen molar-refractivity contribution in [2.45, 2.75) is 59.4 Å². The summed E-state index contributed by atoms with van der Waals surface area (Å²) in [5.74, 6) is 0.653. The lowest BCUT2D eigenvalue weighted by Gasteiger charge is -2.34. The molecule has 3 aromatic carbocycles. The number of aryl methyl sites for hydroxylation is 2. The molecule has 1 aromatic heterocycles. The van der Waals surface area contributed by atoms with Crippen molar-refractivity contribution in [3.8, 4) is 22.8 Å². The second kappa shape index (κ2) is 17.7. The number of piperidine rings is 1. The minimum atomic E-state index is -4.77. The number of benzene rings is 3. The highest BCUT2D eigenvalue weighted by molar-refractivity contribution is 7.88. The van der Waals surface area contributed by atoms with E-state index in [-0.39, 0.29) is 29.4 Å². The third kappa shape index (κ3) is 12.1. The molecule has 0 spiro atoms. The van der Waals surface area contributed by atoms with Gasteiger partial charge in [-0.05, 0) is 94.3 Å². The van der Waals surface area contributed by atoms with Crippen molar-refractivity contribution in [3.05, 3.63) is 89.7 Å². The number of nitrogens with zero attached hydrogens (tertiary/aromatic N) is 6. The van der Waals surface area contributed by atoms with Crippen molar-refractivity contribution in [2.24, 2.45) is 15.4 Å². The van der Waals surface area contributed by atoms with Gasteiger partial charge in [-0.3, -0.25) is 10.2 Å². The number of carbonyl (C=O) groups is 2. The predicted octanol–water partition coefficient (Wildman–Crippen LogP) is 7.23. The average Bonchev–Trinajstić information content (AvgIpc) is 3.60. The molecule has 0 bridgehead atoms. The summed E-state index contributed by atoms with van der Waals surface area (Å²) < 4.78 is 53.4. The molecule has 5 rings (SSSR count). The quantitative estimate of drug-likeness (QED) is 0.115. The zero-order chi connectivity index (χ0) is 38.9.